The van der Waals surface area contributed by atoms with Crippen LogP contribution in [0.2, 0.25) is 0 Å². The highest BCUT2D eigenvalue weighted by atomic mass is 32.1. The third-order valence-corrected chi connectivity index (χ3v) is 7.33. The van der Waals surface area contributed by atoms with Gasteiger partial charge >= 0.3 is 0 Å². The summed E-state index contributed by atoms with van der Waals surface area (Å²) in [4.78, 5) is 13.7. The van der Waals surface area contributed by atoms with Gasteiger partial charge in [0.1, 0.15) is 10.8 Å². The lowest BCUT2D eigenvalue weighted by atomic mass is 10.1. The standard InChI is InChI=1S/C19H20N6OS2/c1-25(13-4-6-20-7-5-13)19-24-18-17(28-19)23-16(27-18)14-3-2-11(8-15(14)26)12-9-21-22-10-12/h2-3,8-10,13,20,26H,4-7H2,1H3,(H,21,22). The number of rotatable bonds is 4. The molecule has 7 nitrogen and oxygen atoms in total. The Bertz CT molecular complexity index is 1070. The molecule has 9 heteroatoms. The number of piperidine rings is 1. The van der Waals surface area contributed by atoms with Gasteiger partial charge in [0.2, 0.25) is 0 Å². The highest BCUT2D eigenvalue weighted by Crippen LogP contribution is 2.40. The number of aromatic nitrogens is 4. The molecule has 1 aromatic carbocycles. The zero-order valence-electron chi connectivity index (χ0n) is 15.3. The van der Waals surface area contributed by atoms with Crippen LogP contribution in [-0.4, -0.2) is 51.5 Å². The predicted octanol–water partition coefficient (Wildman–Crippen LogP) is 3.70. The molecular formula is C19H20N6OS2. The van der Waals surface area contributed by atoms with Gasteiger partial charge in [-0.15, -0.1) is 0 Å². The highest BCUT2D eigenvalue weighted by molar-refractivity contribution is 7.29. The Morgan fingerprint density at radius 3 is 2.64 bits per heavy atom. The Kier molecular flexibility index (Phi) is 4.50. The molecule has 0 unspecified atom stereocenters. The molecule has 4 heterocycles. The minimum Gasteiger partial charge on any atom is -0.507 e. The number of hydrogen-bond acceptors (Lipinski definition) is 8. The molecule has 3 N–H and O–H groups in total. The molecule has 0 radical (unpaired) electrons. The molecule has 3 aromatic heterocycles. The minimum atomic E-state index is 0.215. The van der Waals surface area contributed by atoms with E-state index in [0.29, 0.717) is 6.04 Å². The van der Waals surface area contributed by atoms with Crippen molar-refractivity contribution in [2.24, 2.45) is 0 Å². The SMILES string of the molecule is CN(c1nc2sc(-c3ccc(-c4cn[nH]c4)cc3O)nc2s1)C1CCNCC1. The molecule has 0 atom stereocenters. The zero-order chi connectivity index (χ0) is 19.1. The van der Waals surface area contributed by atoms with E-state index in [-0.39, 0.29) is 5.75 Å². The molecule has 0 aliphatic carbocycles. The number of aromatic hydroxyl groups is 1. The van der Waals surface area contributed by atoms with Crippen LogP contribution in [0.4, 0.5) is 5.13 Å². The smallest absolute Gasteiger partial charge is 0.188 e. The van der Waals surface area contributed by atoms with E-state index in [1.165, 1.54) is 11.3 Å². The average Bonchev–Trinajstić information content (AvgIpc) is 3.44. The van der Waals surface area contributed by atoms with E-state index in [4.69, 9.17) is 9.97 Å². The van der Waals surface area contributed by atoms with E-state index in [1.807, 2.05) is 12.1 Å². The summed E-state index contributed by atoms with van der Waals surface area (Å²) >= 11 is 3.14. The predicted molar refractivity (Wildman–Crippen MR) is 114 cm³/mol. The molecule has 1 fully saturated rings. The number of phenolic OH excluding ortho intramolecular Hbond substituents is 1. The Labute approximate surface area is 170 Å². The van der Waals surface area contributed by atoms with Crippen LogP contribution < -0.4 is 10.2 Å². The molecule has 5 rings (SSSR count). The summed E-state index contributed by atoms with van der Waals surface area (Å²) in [6, 6.07) is 6.15. The van der Waals surface area contributed by atoms with Gasteiger partial charge in [0.25, 0.3) is 0 Å². The molecule has 0 saturated carbocycles. The fraction of sp³-hybridized carbons (Fsp3) is 0.316. The lowest BCUT2D eigenvalue weighted by molar-refractivity contribution is 0.443. The van der Waals surface area contributed by atoms with Crippen LogP contribution in [0.5, 0.6) is 5.75 Å². The summed E-state index contributed by atoms with van der Waals surface area (Å²) < 4.78 is 0. The molecule has 28 heavy (non-hydrogen) atoms. The summed E-state index contributed by atoms with van der Waals surface area (Å²) in [5.74, 6) is 0.215. The average molecular weight is 413 g/mol. The zero-order valence-corrected chi connectivity index (χ0v) is 17.0. The maximum atomic E-state index is 10.5. The fourth-order valence-electron chi connectivity index (χ4n) is 3.55. The van der Waals surface area contributed by atoms with Gasteiger partial charge in [-0.05, 0) is 43.6 Å². The first-order valence-electron chi connectivity index (χ1n) is 9.22. The molecule has 1 saturated heterocycles. The van der Waals surface area contributed by atoms with Crippen LogP contribution in [0, 0.1) is 0 Å². The highest BCUT2D eigenvalue weighted by Gasteiger charge is 2.22. The fourth-order valence-corrected chi connectivity index (χ4v) is 5.65. The van der Waals surface area contributed by atoms with Crippen molar-refractivity contribution in [2.75, 3.05) is 25.0 Å². The van der Waals surface area contributed by atoms with Crippen LogP contribution in [-0.2, 0) is 0 Å². The third-order valence-electron chi connectivity index (χ3n) is 5.18. The number of hydrogen-bond donors (Lipinski definition) is 3. The van der Waals surface area contributed by atoms with Gasteiger partial charge in [-0.2, -0.15) is 5.10 Å². The number of nitrogens with zero attached hydrogens (tertiary/aromatic N) is 4. The normalized spacial score (nSPS) is 15.3. The number of H-pyrrole nitrogens is 1. The molecule has 0 spiro atoms. The van der Waals surface area contributed by atoms with Crippen LogP contribution in [0.15, 0.2) is 30.6 Å². The van der Waals surface area contributed by atoms with Crippen LogP contribution in [0.3, 0.4) is 0 Å². The van der Waals surface area contributed by atoms with Crippen LogP contribution in [0.1, 0.15) is 12.8 Å². The summed E-state index contributed by atoms with van der Waals surface area (Å²) in [6.45, 7) is 2.12. The Morgan fingerprint density at radius 2 is 1.93 bits per heavy atom. The summed E-state index contributed by atoms with van der Waals surface area (Å²) in [5.41, 5.74) is 2.59. The lowest BCUT2D eigenvalue weighted by Crippen LogP contribution is -2.41. The van der Waals surface area contributed by atoms with E-state index < -0.39 is 0 Å². The molecule has 0 bridgehead atoms. The Balaban J connectivity index is 1.42. The van der Waals surface area contributed by atoms with Gasteiger partial charge in [0, 0.05) is 24.8 Å². The molecule has 4 aromatic rings. The number of phenols is 1. The number of aromatic amines is 1. The molecule has 0 amide bonds. The topological polar surface area (TPSA) is 90.0 Å². The van der Waals surface area contributed by atoms with Crippen LogP contribution in [0.25, 0.3) is 31.4 Å². The number of nitrogens with one attached hydrogen (secondary N) is 2. The van der Waals surface area contributed by atoms with E-state index >= 15 is 0 Å². The Morgan fingerprint density at radius 1 is 1.11 bits per heavy atom. The summed E-state index contributed by atoms with van der Waals surface area (Å²) in [7, 11) is 2.12. The second kappa shape index (κ2) is 7.16. The maximum Gasteiger partial charge on any atom is 0.188 e. The van der Waals surface area contributed by atoms with Gasteiger partial charge in [-0.1, -0.05) is 28.7 Å². The van der Waals surface area contributed by atoms with Crippen molar-refractivity contribution in [2.45, 2.75) is 18.9 Å². The van der Waals surface area contributed by atoms with E-state index in [2.05, 4.69) is 27.5 Å². The second-order valence-corrected chi connectivity index (χ2v) is 8.87. The Hall–Kier alpha value is -2.49. The number of fused-ring (bicyclic) bond motifs is 1. The first kappa shape index (κ1) is 17.6. The van der Waals surface area contributed by atoms with Gasteiger partial charge in [0.05, 0.1) is 11.8 Å². The first-order chi connectivity index (χ1) is 13.7. The van der Waals surface area contributed by atoms with Gasteiger partial charge in [-0.25, -0.2) is 9.97 Å². The summed E-state index contributed by atoms with van der Waals surface area (Å²) in [6.07, 6.45) is 5.81. The molecular weight excluding hydrogens is 392 g/mol. The van der Waals surface area contributed by atoms with Crippen molar-refractivity contribution in [3.8, 4) is 27.4 Å². The lowest BCUT2D eigenvalue weighted by Gasteiger charge is -2.31. The molecule has 1 aliphatic rings. The van der Waals surface area contributed by atoms with E-state index in [1.54, 1.807) is 29.8 Å². The van der Waals surface area contributed by atoms with Crippen molar-refractivity contribution in [1.29, 1.82) is 0 Å². The van der Waals surface area contributed by atoms with Gasteiger partial charge in [-0.3, -0.25) is 5.10 Å². The van der Waals surface area contributed by atoms with Crippen molar-refractivity contribution in [3.63, 3.8) is 0 Å². The van der Waals surface area contributed by atoms with Crippen molar-refractivity contribution < 1.29 is 5.11 Å². The van der Waals surface area contributed by atoms with Gasteiger partial charge in [0.15, 0.2) is 14.8 Å². The molecule has 144 valence electrons. The number of thiazole rings is 2. The van der Waals surface area contributed by atoms with Crippen molar-refractivity contribution in [1.82, 2.24) is 25.5 Å². The number of benzene rings is 1. The monoisotopic (exact) mass is 412 g/mol. The second-order valence-electron chi connectivity index (χ2n) is 6.94. The quantitative estimate of drug-likeness (QED) is 0.473. The summed E-state index contributed by atoms with van der Waals surface area (Å²) in [5, 5.41) is 22.5. The minimum absolute atomic E-state index is 0.215. The van der Waals surface area contributed by atoms with Crippen LogP contribution >= 0.6 is 22.7 Å². The van der Waals surface area contributed by atoms with E-state index in [0.717, 1.165) is 62.4 Å². The largest absolute Gasteiger partial charge is 0.507 e. The van der Waals surface area contributed by atoms with E-state index in [9.17, 15) is 5.11 Å². The maximum absolute atomic E-state index is 10.5. The molecule has 1 aliphatic heterocycles. The van der Waals surface area contributed by atoms with Crippen molar-refractivity contribution in [3.05, 3.63) is 30.6 Å². The first-order valence-corrected chi connectivity index (χ1v) is 10.9. The van der Waals surface area contributed by atoms with Gasteiger partial charge < -0.3 is 15.3 Å². The number of anilines is 1. The third kappa shape index (κ3) is 3.15. The van der Waals surface area contributed by atoms with Crippen molar-refractivity contribution >= 4 is 37.5 Å².